The zero-order chi connectivity index (χ0) is 15.9. The smallest absolute Gasteiger partial charge is 0.121 e. The first-order valence-electron chi connectivity index (χ1n) is 8.12. The van der Waals surface area contributed by atoms with Crippen LogP contribution in [0.3, 0.4) is 0 Å². The summed E-state index contributed by atoms with van der Waals surface area (Å²) in [4.78, 5) is 19.9. The number of hydrogen-bond donors (Lipinski definition) is 2. The molecule has 120 valence electrons. The van der Waals surface area contributed by atoms with Gasteiger partial charge in [0.05, 0.1) is 35.6 Å². The first kappa shape index (κ1) is 13.9. The average molecular weight is 335 g/mol. The van der Waals surface area contributed by atoms with Crippen LogP contribution < -0.4 is 0 Å². The second-order valence-corrected chi connectivity index (χ2v) is 7.08. The maximum atomic E-state index is 4.74. The summed E-state index contributed by atoms with van der Waals surface area (Å²) in [6.07, 6.45) is 2.81. The first-order chi connectivity index (χ1) is 11.9. The van der Waals surface area contributed by atoms with Gasteiger partial charge in [-0.05, 0) is 23.6 Å². The number of benzene rings is 1. The summed E-state index contributed by atoms with van der Waals surface area (Å²) in [5.74, 6) is 1.01. The van der Waals surface area contributed by atoms with E-state index in [-0.39, 0.29) is 6.04 Å². The third kappa shape index (κ3) is 2.26. The fraction of sp³-hybridized carbons (Fsp3) is 0.222. The van der Waals surface area contributed by atoms with Crippen molar-refractivity contribution >= 4 is 22.4 Å². The van der Waals surface area contributed by atoms with Crippen LogP contribution in [0.1, 0.15) is 28.1 Å². The van der Waals surface area contributed by atoms with E-state index in [4.69, 9.17) is 4.98 Å². The second kappa shape index (κ2) is 5.58. The van der Waals surface area contributed by atoms with Crippen molar-refractivity contribution in [2.45, 2.75) is 19.0 Å². The molecule has 1 aliphatic rings. The van der Waals surface area contributed by atoms with Crippen LogP contribution >= 0.6 is 11.3 Å². The molecule has 1 aliphatic heterocycles. The highest BCUT2D eigenvalue weighted by atomic mass is 32.1. The van der Waals surface area contributed by atoms with Gasteiger partial charge in [-0.2, -0.15) is 0 Å². The molecular formula is C18H17N5S. The lowest BCUT2D eigenvalue weighted by Gasteiger charge is -2.33. The molecule has 0 unspecified atom stereocenters. The van der Waals surface area contributed by atoms with Crippen molar-refractivity contribution in [1.82, 2.24) is 24.8 Å². The summed E-state index contributed by atoms with van der Waals surface area (Å²) in [7, 11) is 0. The zero-order valence-corrected chi connectivity index (χ0v) is 13.9. The van der Waals surface area contributed by atoms with Crippen molar-refractivity contribution in [2.75, 3.05) is 6.54 Å². The Kier molecular flexibility index (Phi) is 3.24. The van der Waals surface area contributed by atoms with E-state index in [1.807, 2.05) is 24.5 Å². The Morgan fingerprint density at radius 1 is 1.21 bits per heavy atom. The molecule has 0 spiro atoms. The van der Waals surface area contributed by atoms with Crippen LogP contribution in [-0.4, -0.2) is 31.4 Å². The number of H-pyrrole nitrogens is 2. The Morgan fingerprint density at radius 3 is 3.04 bits per heavy atom. The molecule has 5 rings (SSSR count). The third-order valence-corrected chi connectivity index (χ3v) is 5.55. The molecule has 2 N–H and O–H groups in total. The molecule has 1 atom stereocenters. The van der Waals surface area contributed by atoms with Gasteiger partial charge in [0.2, 0.25) is 0 Å². The van der Waals surface area contributed by atoms with E-state index in [0.717, 1.165) is 42.1 Å². The largest absolute Gasteiger partial charge is 0.348 e. The minimum atomic E-state index is 0.202. The van der Waals surface area contributed by atoms with E-state index in [1.165, 1.54) is 10.6 Å². The quantitative estimate of drug-likeness (QED) is 0.602. The van der Waals surface area contributed by atoms with Gasteiger partial charge in [0.1, 0.15) is 5.82 Å². The normalized spacial score (nSPS) is 18.1. The molecule has 24 heavy (non-hydrogen) atoms. The predicted molar refractivity (Wildman–Crippen MR) is 95.0 cm³/mol. The topological polar surface area (TPSA) is 60.6 Å². The van der Waals surface area contributed by atoms with Crippen LogP contribution in [0.15, 0.2) is 48.1 Å². The Bertz CT molecular complexity index is 935. The summed E-state index contributed by atoms with van der Waals surface area (Å²) in [6.45, 7) is 1.79. The molecule has 6 heteroatoms. The van der Waals surface area contributed by atoms with Gasteiger partial charge in [-0.15, -0.1) is 11.3 Å². The van der Waals surface area contributed by atoms with Gasteiger partial charge in [-0.1, -0.05) is 18.2 Å². The average Bonchev–Trinajstić information content (AvgIpc) is 3.34. The number of nitrogens with one attached hydrogen (secondary N) is 2. The lowest BCUT2D eigenvalue weighted by molar-refractivity contribution is 0.198. The number of aromatic nitrogens is 4. The predicted octanol–water partition coefficient (Wildman–Crippen LogP) is 3.50. The summed E-state index contributed by atoms with van der Waals surface area (Å²) in [6, 6.07) is 12.7. The van der Waals surface area contributed by atoms with E-state index in [9.17, 15) is 0 Å². The van der Waals surface area contributed by atoms with Gasteiger partial charge in [0.25, 0.3) is 0 Å². The first-order valence-corrected chi connectivity index (χ1v) is 8.99. The number of thiophene rings is 1. The number of rotatable bonds is 3. The van der Waals surface area contributed by atoms with E-state index in [1.54, 1.807) is 11.3 Å². The maximum absolute atomic E-state index is 4.74. The minimum Gasteiger partial charge on any atom is -0.348 e. The molecule has 0 saturated heterocycles. The van der Waals surface area contributed by atoms with E-state index < -0.39 is 0 Å². The molecule has 0 fully saturated rings. The highest BCUT2D eigenvalue weighted by Gasteiger charge is 2.32. The van der Waals surface area contributed by atoms with Crippen molar-refractivity contribution in [3.8, 4) is 0 Å². The zero-order valence-electron chi connectivity index (χ0n) is 13.1. The van der Waals surface area contributed by atoms with Crippen molar-refractivity contribution < 1.29 is 0 Å². The van der Waals surface area contributed by atoms with Crippen molar-refractivity contribution in [3.63, 3.8) is 0 Å². The van der Waals surface area contributed by atoms with E-state index in [2.05, 4.69) is 43.4 Å². The Hall–Kier alpha value is -2.44. The summed E-state index contributed by atoms with van der Waals surface area (Å²) >= 11 is 1.79. The number of hydrogen-bond acceptors (Lipinski definition) is 4. The van der Waals surface area contributed by atoms with Crippen molar-refractivity contribution in [1.29, 1.82) is 0 Å². The van der Waals surface area contributed by atoms with Crippen LogP contribution in [-0.2, 0) is 13.0 Å². The highest BCUT2D eigenvalue weighted by molar-refractivity contribution is 7.10. The molecule has 0 amide bonds. The summed E-state index contributed by atoms with van der Waals surface area (Å²) in [5, 5.41) is 2.13. The van der Waals surface area contributed by atoms with Crippen LogP contribution in [0.4, 0.5) is 0 Å². The molecule has 0 bridgehead atoms. The van der Waals surface area contributed by atoms with Crippen LogP contribution in [0, 0.1) is 0 Å². The summed E-state index contributed by atoms with van der Waals surface area (Å²) < 4.78 is 0. The van der Waals surface area contributed by atoms with Gasteiger partial charge in [-0.3, -0.25) is 4.90 Å². The van der Waals surface area contributed by atoms with Gasteiger partial charge in [0.15, 0.2) is 0 Å². The number of fused-ring (bicyclic) bond motifs is 2. The summed E-state index contributed by atoms with van der Waals surface area (Å²) in [5.41, 5.74) is 4.53. The minimum absolute atomic E-state index is 0.202. The number of imidazole rings is 2. The Labute approximate surface area is 143 Å². The van der Waals surface area contributed by atoms with Gasteiger partial charge in [-0.25, -0.2) is 9.97 Å². The number of para-hydroxylation sites is 2. The molecule has 5 nitrogen and oxygen atoms in total. The molecule has 4 heterocycles. The molecule has 1 aromatic carbocycles. The monoisotopic (exact) mass is 335 g/mol. The van der Waals surface area contributed by atoms with E-state index in [0.29, 0.717) is 0 Å². The third-order valence-electron chi connectivity index (χ3n) is 4.63. The van der Waals surface area contributed by atoms with E-state index >= 15 is 0 Å². The maximum Gasteiger partial charge on any atom is 0.121 e. The molecule has 3 aromatic heterocycles. The van der Waals surface area contributed by atoms with Crippen LogP contribution in [0.5, 0.6) is 0 Å². The van der Waals surface area contributed by atoms with Gasteiger partial charge >= 0.3 is 0 Å². The second-order valence-electron chi connectivity index (χ2n) is 6.11. The lowest BCUT2D eigenvalue weighted by atomic mass is 10.0. The molecule has 0 saturated carbocycles. The molecule has 0 radical (unpaired) electrons. The van der Waals surface area contributed by atoms with Crippen molar-refractivity contribution in [2.24, 2.45) is 0 Å². The standard InChI is InChI=1S/C18H17N5S/c1-2-5-13-12(4-1)21-16(22-13)10-23-8-7-14-17(20-11-19-14)18(23)15-6-3-9-24-15/h1-6,9,11,18H,7-8,10H2,(H,19,20)(H,21,22)/t18-/m1/s1. The van der Waals surface area contributed by atoms with Crippen LogP contribution in [0.2, 0.25) is 0 Å². The number of aromatic amines is 2. The lowest BCUT2D eigenvalue weighted by Crippen LogP contribution is -2.35. The van der Waals surface area contributed by atoms with Crippen LogP contribution in [0.25, 0.3) is 11.0 Å². The Morgan fingerprint density at radius 2 is 2.17 bits per heavy atom. The fourth-order valence-corrected chi connectivity index (χ4v) is 4.39. The SMILES string of the molecule is c1csc([C@@H]2c3nc[nH]c3CCN2Cc2nc3ccccc3[nH]2)c1. The molecule has 4 aromatic rings. The van der Waals surface area contributed by atoms with Gasteiger partial charge in [0, 0.05) is 23.5 Å². The molecular weight excluding hydrogens is 318 g/mol. The van der Waals surface area contributed by atoms with Crippen molar-refractivity contribution in [3.05, 3.63) is 70.2 Å². The Balaban J connectivity index is 1.52. The molecule has 0 aliphatic carbocycles. The fourth-order valence-electron chi connectivity index (χ4n) is 3.53. The number of nitrogens with zero attached hydrogens (tertiary/aromatic N) is 3. The van der Waals surface area contributed by atoms with Gasteiger partial charge < -0.3 is 9.97 Å². The highest BCUT2D eigenvalue weighted by Crippen LogP contribution is 2.36.